The molecule has 1 heterocycles. The quantitative estimate of drug-likeness (QED) is 0.0261. The van der Waals surface area contributed by atoms with Gasteiger partial charge >= 0.3 is 0 Å². The summed E-state index contributed by atoms with van der Waals surface area (Å²) >= 11 is 0. The summed E-state index contributed by atoms with van der Waals surface area (Å²) in [7, 11) is 0. The van der Waals surface area contributed by atoms with Gasteiger partial charge < -0.3 is 40.3 Å². The Morgan fingerprint density at radius 3 is 1.42 bits per heavy atom. The van der Waals surface area contributed by atoms with Gasteiger partial charge in [-0.1, -0.05) is 229 Å². The van der Waals surface area contributed by atoms with Gasteiger partial charge in [-0.2, -0.15) is 0 Å². The molecule has 0 bridgehead atoms. The third-order valence-corrected chi connectivity index (χ3v) is 12.6. The van der Waals surface area contributed by atoms with Crippen LogP contribution in [0.4, 0.5) is 0 Å². The standard InChI is InChI=1S/C56H101NO8/c1-3-5-7-9-11-13-15-17-18-19-20-21-22-23-24-25-26-27-28-29-30-31-32-34-36-38-40-42-44-46-52(60)57-49(48-64-56-55(63)54(62)53(61)51(47-58)65-56)50(59)45-43-41-39-37-35-33-16-14-12-10-8-6-4-2/h5,7,11,13,17-18,20-21,43,45,49-51,53-56,58-59,61-63H,3-4,6,8-10,12,14-16,19,22-42,44,46-48H2,1-2H3,(H,57,60)/b7-5-,13-11-,18-17-,21-20-,45-43+. The minimum atomic E-state index is -1.57. The highest BCUT2D eigenvalue weighted by Crippen LogP contribution is 2.23. The van der Waals surface area contributed by atoms with Gasteiger partial charge in [-0.05, 0) is 57.8 Å². The zero-order chi connectivity index (χ0) is 47.3. The number of aliphatic hydroxyl groups is 5. The molecule has 0 spiro atoms. The molecule has 9 heteroatoms. The van der Waals surface area contributed by atoms with Gasteiger partial charge in [0.15, 0.2) is 6.29 Å². The monoisotopic (exact) mass is 916 g/mol. The number of carbonyl (C=O) groups is 1. The highest BCUT2D eigenvalue weighted by molar-refractivity contribution is 5.76. The van der Waals surface area contributed by atoms with Crippen molar-refractivity contribution in [2.75, 3.05) is 13.2 Å². The summed E-state index contributed by atoms with van der Waals surface area (Å²) in [6.45, 7) is 3.66. The van der Waals surface area contributed by atoms with E-state index < -0.39 is 49.5 Å². The predicted octanol–water partition coefficient (Wildman–Crippen LogP) is 12.7. The fourth-order valence-corrected chi connectivity index (χ4v) is 8.32. The van der Waals surface area contributed by atoms with Crippen LogP contribution in [0, 0.1) is 0 Å². The van der Waals surface area contributed by atoms with Crippen LogP contribution in [0.2, 0.25) is 0 Å². The first-order valence-corrected chi connectivity index (χ1v) is 27.0. The first kappa shape index (κ1) is 60.9. The molecule has 0 radical (unpaired) electrons. The summed E-state index contributed by atoms with van der Waals surface area (Å²) in [5.74, 6) is -0.178. The number of hydrogen-bond donors (Lipinski definition) is 6. The molecule has 1 amide bonds. The van der Waals surface area contributed by atoms with Crippen molar-refractivity contribution in [2.24, 2.45) is 0 Å². The molecular weight excluding hydrogens is 815 g/mol. The van der Waals surface area contributed by atoms with Crippen molar-refractivity contribution in [3.63, 3.8) is 0 Å². The highest BCUT2D eigenvalue weighted by Gasteiger charge is 2.44. The molecule has 0 aliphatic carbocycles. The number of aliphatic hydroxyl groups excluding tert-OH is 5. The maximum atomic E-state index is 13.0. The molecule has 1 rings (SSSR count). The lowest BCUT2D eigenvalue weighted by Gasteiger charge is -2.40. The number of amides is 1. The Morgan fingerprint density at radius 2 is 0.954 bits per heavy atom. The second kappa shape index (κ2) is 45.7. The third kappa shape index (κ3) is 35.7. The molecule has 0 saturated carbocycles. The summed E-state index contributed by atoms with van der Waals surface area (Å²) < 4.78 is 11.2. The van der Waals surface area contributed by atoms with Crippen LogP contribution in [0.3, 0.4) is 0 Å². The van der Waals surface area contributed by atoms with Crippen molar-refractivity contribution >= 4 is 5.91 Å². The Labute approximate surface area is 398 Å². The van der Waals surface area contributed by atoms with E-state index in [1.807, 2.05) is 6.08 Å². The summed E-state index contributed by atoms with van der Waals surface area (Å²) in [6.07, 6.45) is 54.2. The Hall–Kier alpha value is -2.11. The van der Waals surface area contributed by atoms with Gasteiger partial charge in [-0.15, -0.1) is 0 Å². The fourth-order valence-electron chi connectivity index (χ4n) is 8.32. The average molecular weight is 916 g/mol. The van der Waals surface area contributed by atoms with Crippen LogP contribution in [-0.4, -0.2) is 87.5 Å². The summed E-state index contributed by atoms with van der Waals surface area (Å²) in [4.78, 5) is 13.0. The van der Waals surface area contributed by atoms with E-state index in [0.717, 1.165) is 64.2 Å². The average Bonchev–Trinajstić information content (AvgIpc) is 3.31. The number of unbranched alkanes of at least 4 members (excludes halogenated alkanes) is 27. The predicted molar refractivity (Wildman–Crippen MR) is 272 cm³/mol. The second-order valence-corrected chi connectivity index (χ2v) is 18.6. The number of carbonyl (C=O) groups excluding carboxylic acids is 1. The van der Waals surface area contributed by atoms with Crippen molar-refractivity contribution in [1.82, 2.24) is 5.32 Å². The Morgan fingerprint density at radius 1 is 0.538 bits per heavy atom. The smallest absolute Gasteiger partial charge is 0.220 e. The van der Waals surface area contributed by atoms with Gasteiger partial charge in [0.05, 0.1) is 25.4 Å². The van der Waals surface area contributed by atoms with Gasteiger partial charge in [-0.25, -0.2) is 0 Å². The van der Waals surface area contributed by atoms with Crippen LogP contribution in [0.15, 0.2) is 60.8 Å². The van der Waals surface area contributed by atoms with Gasteiger partial charge in [0.25, 0.3) is 0 Å². The first-order valence-electron chi connectivity index (χ1n) is 27.0. The van der Waals surface area contributed by atoms with E-state index in [-0.39, 0.29) is 12.5 Å². The molecule has 65 heavy (non-hydrogen) atoms. The van der Waals surface area contributed by atoms with Gasteiger partial charge in [-0.3, -0.25) is 4.79 Å². The minimum Gasteiger partial charge on any atom is -0.394 e. The van der Waals surface area contributed by atoms with Gasteiger partial charge in [0, 0.05) is 6.42 Å². The maximum Gasteiger partial charge on any atom is 0.220 e. The minimum absolute atomic E-state index is 0.178. The zero-order valence-electron chi connectivity index (χ0n) is 41.7. The van der Waals surface area contributed by atoms with Crippen molar-refractivity contribution in [2.45, 2.75) is 275 Å². The number of allylic oxidation sites excluding steroid dienone is 9. The molecule has 6 N–H and O–H groups in total. The van der Waals surface area contributed by atoms with Gasteiger partial charge in [0.1, 0.15) is 24.4 Å². The molecule has 0 aromatic rings. The Bertz CT molecular complexity index is 1200. The van der Waals surface area contributed by atoms with E-state index in [0.29, 0.717) is 6.42 Å². The van der Waals surface area contributed by atoms with Gasteiger partial charge in [0.2, 0.25) is 5.91 Å². The SMILES string of the molecule is CC/C=C\C/C=C\C/C=C\C/C=C\CCCCCCCCCCCCCCCCCCC(=O)NC(COC1OC(CO)C(O)C(O)C1O)C(O)/C=C/CCCCCCCCCCCCC. The van der Waals surface area contributed by atoms with Crippen molar-refractivity contribution in [3.05, 3.63) is 60.8 Å². The summed E-state index contributed by atoms with van der Waals surface area (Å²) in [6, 6.07) is -0.805. The zero-order valence-corrected chi connectivity index (χ0v) is 41.7. The fraction of sp³-hybridized carbons (Fsp3) is 0.804. The van der Waals surface area contributed by atoms with E-state index in [1.165, 1.54) is 148 Å². The summed E-state index contributed by atoms with van der Waals surface area (Å²) in [5.41, 5.74) is 0. The molecule has 7 unspecified atom stereocenters. The number of ether oxygens (including phenoxy) is 2. The lowest BCUT2D eigenvalue weighted by Crippen LogP contribution is -2.60. The molecule has 7 atom stereocenters. The Balaban J connectivity index is 2.18. The second-order valence-electron chi connectivity index (χ2n) is 18.6. The topological polar surface area (TPSA) is 149 Å². The van der Waals surface area contributed by atoms with Crippen LogP contribution in [-0.2, 0) is 14.3 Å². The van der Waals surface area contributed by atoms with Crippen molar-refractivity contribution in [3.8, 4) is 0 Å². The molecule has 0 aromatic heterocycles. The lowest BCUT2D eigenvalue weighted by atomic mass is 9.99. The molecular formula is C56H101NO8. The van der Waals surface area contributed by atoms with Crippen LogP contribution in [0.25, 0.3) is 0 Å². The van der Waals surface area contributed by atoms with E-state index in [1.54, 1.807) is 6.08 Å². The van der Waals surface area contributed by atoms with Crippen LogP contribution in [0.5, 0.6) is 0 Å². The number of nitrogens with one attached hydrogen (secondary N) is 1. The van der Waals surface area contributed by atoms with Crippen molar-refractivity contribution in [1.29, 1.82) is 0 Å². The third-order valence-electron chi connectivity index (χ3n) is 12.6. The van der Waals surface area contributed by atoms with E-state index >= 15 is 0 Å². The van der Waals surface area contributed by atoms with E-state index in [2.05, 4.69) is 67.8 Å². The number of hydrogen-bond acceptors (Lipinski definition) is 8. The molecule has 1 fully saturated rings. The maximum absolute atomic E-state index is 13.0. The van der Waals surface area contributed by atoms with Crippen LogP contribution in [0.1, 0.15) is 232 Å². The molecule has 9 nitrogen and oxygen atoms in total. The molecule has 1 aliphatic rings. The number of rotatable bonds is 45. The first-order chi connectivity index (χ1) is 31.8. The Kier molecular flexibility index (Phi) is 42.8. The lowest BCUT2D eigenvalue weighted by molar-refractivity contribution is -0.302. The molecule has 1 saturated heterocycles. The molecule has 0 aromatic carbocycles. The van der Waals surface area contributed by atoms with Crippen molar-refractivity contribution < 1.29 is 39.8 Å². The summed E-state index contributed by atoms with van der Waals surface area (Å²) in [5, 5.41) is 54.3. The van der Waals surface area contributed by atoms with Crippen LogP contribution < -0.4 is 5.32 Å². The molecule has 1 aliphatic heterocycles. The molecule has 378 valence electrons. The van der Waals surface area contributed by atoms with E-state index in [9.17, 15) is 30.3 Å². The largest absolute Gasteiger partial charge is 0.394 e. The van der Waals surface area contributed by atoms with E-state index in [4.69, 9.17) is 9.47 Å². The highest BCUT2D eigenvalue weighted by atomic mass is 16.7. The van der Waals surface area contributed by atoms with Crippen LogP contribution >= 0.6 is 0 Å². The normalized spacial score (nSPS) is 20.4.